The lowest BCUT2D eigenvalue weighted by molar-refractivity contribution is 0.109. The lowest BCUT2D eigenvalue weighted by Crippen LogP contribution is -2.29. The van der Waals surface area contributed by atoms with Gasteiger partial charge in [0.25, 0.3) is 0 Å². The second-order valence-corrected chi connectivity index (χ2v) is 4.89. The number of aromatic nitrogens is 1. The maximum atomic E-state index is 9.36. The molecule has 0 saturated carbocycles. The van der Waals surface area contributed by atoms with Crippen LogP contribution in [0, 0.1) is 11.3 Å². The number of aromatic amines is 1. The number of fused-ring (bicyclic) bond motifs is 1. The SMILES string of the molecule is N#CC(NCC1CCCO1)c1c[nH]c2ccccc12. The van der Waals surface area contributed by atoms with Crippen LogP contribution in [0.2, 0.25) is 0 Å². The first-order valence-electron chi connectivity index (χ1n) is 6.69. The summed E-state index contributed by atoms with van der Waals surface area (Å²) in [4.78, 5) is 3.21. The molecule has 1 saturated heterocycles. The summed E-state index contributed by atoms with van der Waals surface area (Å²) in [6.45, 7) is 1.58. The fourth-order valence-corrected chi connectivity index (χ4v) is 2.61. The molecule has 3 rings (SSSR count). The summed E-state index contributed by atoms with van der Waals surface area (Å²) in [6.07, 6.45) is 4.37. The molecule has 98 valence electrons. The molecule has 1 aliphatic heterocycles. The summed E-state index contributed by atoms with van der Waals surface area (Å²) >= 11 is 0. The van der Waals surface area contributed by atoms with E-state index in [9.17, 15) is 5.26 Å². The highest BCUT2D eigenvalue weighted by Gasteiger charge is 2.19. The van der Waals surface area contributed by atoms with E-state index in [2.05, 4.69) is 16.4 Å². The number of H-pyrrole nitrogens is 1. The molecule has 2 atom stereocenters. The van der Waals surface area contributed by atoms with Gasteiger partial charge in [-0.05, 0) is 18.9 Å². The third-order valence-electron chi connectivity index (χ3n) is 3.63. The number of para-hydroxylation sites is 1. The minimum absolute atomic E-state index is 0.251. The standard InChI is InChI=1S/C15H17N3O/c16-8-15(17-9-11-4-3-7-19-11)13-10-18-14-6-2-1-5-12(13)14/h1-2,5-6,10-11,15,17-18H,3-4,7,9H2. The Hall–Kier alpha value is -1.83. The fraction of sp³-hybridized carbons (Fsp3) is 0.400. The van der Waals surface area contributed by atoms with Crippen molar-refractivity contribution < 1.29 is 4.74 Å². The molecule has 2 heterocycles. The van der Waals surface area contributed by atoms with E-state index in [1.165, 1.54) is 0 Å². The van der Waals surface area contributed by atoms with Crippen LogP contribution < -0.4 is 5.32 Å². The Morgan fingerprint density at radius 2 is 2.37 bits per heavy atom. The van der Waals surface area contributed by atoms with E-state index >= 15 is 0 Å². The monoisotopic (exact) mass is 255 g/mol. The number of ether oxygens (including phenoxy) is 1. The third-order valence-corrected chi connectivity index (χ3v) is 3.63. The number of hydrogen-bond donors (Lipinski definition) is 2. The first kappa shape index (κ1) is 12.2. The molecule has 1 fully saturated rings. The van der Waals surface area contributed by atoms with Crippen molar-refractivity contribution in [3.63, 3.8) is 0 Å². The quantitative estimate of drug-likeness (QED) is 0.882. The first-order valence-corrected chi connectivity index (χ1v) is 6.69. The van der Waals surface area contributed by atoms with Crippen LogP contribution in [0.15, 0.2) is 30.5 Å². The Kier molecular flexibility index (Phi) is 3.49. The van der Waals surface area contributed by atoms with Crippen molar-refractivity contribution >= 4 is 10.9 Å². The van der Waals surface area contributed by atoms with Crippen LogP contribution in [-0.2, 0) is 4.74 Å². The number of nitriles is 1. The van der Waals surface area contributed by atoms with Crippen LogP contribution in [-0.4, -0.2) is 24.2 Å². The van der Waals surface area contributed by atoms with Crippen molar-refractivity contribution in [1.29, 1.82) is 5.26 Å². The van der Waals surface area contributed by atoms with Gasteiger partial charge in [-0.2, -0.15) is 5.26 Å². The lowest BCUT2D eigenvalue weighted by atomic mass is 10.1. The molecule has 1 aromatic carbocycles. The second-order valence-electron chi connectivity index (χ2n) is 4.89. The molecule has 2 aromatic rings. The van der Waals surface area contributed by atoms with Gasteiger partial charge in [0.05, 0.1) is 12.2 Å². The van der Waals surface area contributed by atoms with Gasteiger partial charge in [0.2, 0.25) is 0 Å². The van der Waals surface area contributed by atoms with Crippen LogP contribution in [0.25, 0.3) is 10.9 Å². The van der Waals surface area contributed by atoms with E-state index in [0.29, 0.717) is 0 Å². The summed E-state index contributed by atoms with van der Waals surface area (Å²) in [5.41, 5.74) is 2.08. The zero-order chi connectivity index (χ0) is 13.1. The van der Waals surface area contributed by atoms with Gasteiger partial charge in [-0.3, -0.25) is 5.32 Å². The smallest absolute Gasteiger partial charge is 0.123 e. The third kappa shape index (κ3) is 2.48. The van der Waals surface area contributed by atoms with Crippen LogP contribution in [0.4, 0.5) is 0 Å². The molecule has 0 aliphatic carbocycles. The minimum Gasteiger partial charge on any atom is -0.377 e. The Labute approximate surface area is 112 Å². The van der Waals surface area contributed by atoms with Crippen LogP contribution in [0.3, 0.4) is 0 Å². The number of nitrogens with one attached hydrogen (secondary N) is 2. The van der Waals surface area contributed by atoms with Crippen LogP contribution in [0.5, 0.6) is 0 Å². The van der Waals surface area contributed by atoms with Gasteiger partial charge < -0.3 is 9.72 Å². The normalized spacial score (nSPS) is 20.5. The molecular weight excluding hydrogens is 238 g/mol. The van der Waals surface area contributed by atoms with E-state index in [1.807, 2.05) is 30.5 Å². The molecule has 4 nitrogen and oxygen atoms in total. The van der Waals surface area contributed by atoms with Crippen molar-refractivity contribution in [3.05, 3.63) is 36.0 Å². The summed E-state index contributed by atoms with van der Waals surface area (Å²) in [5, 5.41) is 13.8. The number of rotatable bonds is 4. The molecule has 0 bridgehead atoms. The maximum absolute atomic E-state index is 9.36. The number of nitrogens with zero attached hydrogens (tertiary/aromatic N) is 1. The van der Waals surface area contributed by atoms with Gasteiger partial charge >= 0.3 is 0 Å². The Morgan fingerprint density at radius 1 is 1.47 bits per heavy atom. The van der Waals surface area contributed by atoms with E-state index in [0.717, 1.165) is 42.5 Å². The predicted molar refractivity (Wildman–Crippen MR) is 73.6 cm³/mol. The average Bonchev–Trinajstić information content (AvgIpc) is 3.09. The lowest BCUT2D eigenvalue weighted by Gasteiger charge is -2.14. The molecule has 1 aromatic heterocycles. The van der Waals surface area contributed by atoms with Crippen molar-refractivity contribution in [2.45, 2.75) is 25.0 Å². The van der Waals surface area contributed by atoms with Crippen molar-refractivity contribution in [3.8, 4) is 6.07 Å². The zero-order valence-corrected chi connectivity index (χ0v) is 10.7. The fourth-order valence-electron chi connectivity index (χ4n) is 2.61. The van der Waals surface area contributed by atoms with Gasteiger partial charge in [-0.1, -0.05) is 18.2 Å². The van der Waals surface area contributed by atoms with Gasteiger partial charge in [-0.25, -0.2) is 0 Å². The Balaban J connectivity index is 1.76. The number of hydrogen-bond acceptors (Lipinski definition) is 3. The number of benzene rings is 1. The van der Waals surface area contributed by atoms with Crippen LogP contribution >= 0.6 is 0 Å². The second kappa shape index (κ2) is 5.43. The molecule has 1 aliphatic rings. The summed E-state index contributed by atoms with van der Waals surface area (Å²) in [7, 11) is 0. The van der Waals surface area contributed by atoms with E-state index in [-0.39, 0.29) is 12.1 Å². The molecule has 19 heavy (non-hydrogen) atoms. The van der Waals surface area contributed by atoms with Crippen molar-refractivity contribution in [1.82, 2.24) is 10.3 Å². The molecule has 4 heteroatoms. The summed E-state index contributed by atoms with van der Waals surface area (Å²) < 4.78 is 5.57. The molecule has 0 amide bonds. The van der Waals surface area contributed by atoms with Gasteiger partial charge in [0.15, 0.2) is 0 Å². The maximum Gasteiger partial charge on any atom is 0.123 e. The van der Waals surface area contributed by atoms with Gasteiger partial charge in [-0.15, -0.1) is 0 Å². The molecule has 2 unspecified atom stereocenters. The minimum atomic E-state index is -0.291. The Bertz CT molecular complexity index is 593. The molecule has 0 radical (unpaired) electrons. The highest BCUT2D eigenvalue weighted by Crippen LogP contribution is 2.24. The van der Waals surface area contributed by atoms with Crippen LogP contribution in [0.1, 0.15) is 24.4 Å². The van der Waals surface area contributed by atoms with E-state index < -0.39 is 0 Å². The largest absolute Gasteiger partial charge is 0.377 e. The Morgan fingerprint density at radius 3 is 3.16 bits per heavy atom. The van der Waals surface area contributed by atoms with Gasteiger partial charge in [0, 0.05) is 35.8 Å². The topological polar surface area (TPSA) is 60.8 Å². The highest BCUT2D eigenvalue weighted by atomic mass is 16.5. The molecule has 0 spiro atoms. The molecule has 2 N–H and O–H groups in total. The van der Waals surface area contributed by atoms with E-state index in [1.54, 1.807) is 0 Å². The van der Waals surface area contributed by atoms with Gasteiger partial charge in [0.1, 0.15) is 6.04 Å². The first-order chi connectivity index (χ1) is 9.38. The predicted octanol–water partition coefficient (Wildman–Crippen LogP) is 2.50. The molecular formula is C15H17N3O. The van der Waals surface area contributed by atoms with Crippen molar-refractivity contribution in [2.75, 3.05) is 13.2 Å². The highest BCUT2D eigenvalue weighted by molar-refractivity contribution is 5.83. The summed E-state index contributed by atoms with van der Waals surface area (Å²) in [5.74, 6) is 0. The summed E-state index contributed by atoms with van der Waals surface area (Å²) in [6, 6.07) is 10.1. The van der Waals surface area contributed by atoms with E-state index in [4.69, 9.17) is 4.74 Å². The average molecular weight is 255 g/mol. The zero-order valence-electron chi connectivity index (χ0n) is 10.7. The van der Waals surface area contributed by atoms with Crippen molar-refractivity contribution in [2.24, 2.45) is 0 Å².